The Hall–Kier alpha value is -1.55. The summed E-state index contributed by atoms with van der Waals surface area (Å²) in [5.41, 5.74) is 1.18. The molecular weight excluding hydrogens is 254 g/mol. The molecule has 0 heterocycles. The van der Waals surface area contributed by atoms with Crippen LogP contribution in [0.25, 0.3) is 0 Å². The topological polar surface area (TPSA) is 58.6 Å². The predicted molar refractivity (Wildman–Crippen MR) is 80.4 cm³/mol. The van der Waals surface area contributed by atoms with E-state index in [2.05, 4.69) is 19.2 Å². The lowest BCUT2D eigenvalue weighted by Gasteiger charge is -2.18. The summed E-state index contributed by atoms with van der Waals surface area (Å²) in [4.78, 5) is 11.2. The Labute approximate surface area is 121 Å². The largest absolute Gasteiger partial charge is 0.497 e. The van der Waals surface area contributed by atoms with Crippen molar-refractivity contribution in [2.45, 2.75) is 45.1 Å². The number of carboxylic acid groups (broad SMARTS) is 1. The summed E-state index contributed by atoms with van der Waals surface area (Å²) in [6, 6.07) is 7.45. The quantitative estimate of drug-likeness (QED) is 0.729. The third kappa shape index (κ3) is 5.21. The van der Waals surface area contributed by atoms with Crippen molar-refractivity contribution in [3.05, 3.63) is 29.8 Å². The molecule has 0 radical (unpaired) electrons. The van der Waals surface area contributed by atoms with E-state index >= 15 is 0 Å². The number of benzene rings is 1. The molecule has 1 unspecified atom stereocenters. The number of aliphatic carboxylic acids is 1. The minimum atomic E-state index is -0.764. The molecule has 0 amide bonds. The molecule has 0 bridgehead atoms. The zero-order valence-electron chi connectivity index (χ0n) is 12.6. The Bertz CT molecular complexity index is 403. The number of carbonyl (C=O) groups is 1. The third-order valence-corrected chi connectivity index (χ3v) is 3.50. The average molecular weight is 279 g/mol. The number of ether oxygens (including phenoxy) is 1. The van der Waals surface area contributed by atoms with Crippen molar-refractivity contribution in [3.63, 3.8) is 0 Å². The van der Waals surface area contributed by atoms with E-state index in [-0.39, 0.29) is 5.92 Å². The van der Waals surface area contributed by atoms with Gasteiger partial charge in [0.1, 0.15) is 11.8 Å². The molecule has 0 aliphatic heterocycles. The molecule has 0 aliphatic carbocycles. The Morgan fingerprint density at radius 2 is 2.00 bits per heavy atom. The van der Waals surface area contributed by atoms with E-state index in [0.717, 1.165) is 18.6 Å². The number of carboxylic acids is 1. The lowest BCUT2D eigenvalue weighted by atomic mass is 10.0. The lowest BCUT2D eigenvalue weighted by Crippen LogP contribution is -2.38. The molecule has 0 aliphatic rings. The van der Waals surface area contributed by atoms with Crippen LogP contribution in [0.5, 0.6) is 5.75 Å². The first kappa shape index (κ1) is 16.5. The van der Waals surface area contributed by atoms with Gasteiger partial charge in [0.25, 0.3) is 0 Å². The Balaban J connectivity index is 2.51. The molecule has 0 spiro atoms. The van der Waals surface area contributed by atoms with Crippen LogP contribution in [0.3, 0.4) is 0 Å². The van der Waals surface area contributed by atoms with Gasteiger partial charge >= 0.3 is 5.97 Å². The van der Waals surface area contributed by atoms with Gasteiger partial charge in [-0.15, -0.1) is 0 Å². The van der Waals surface area contributed by atoms with Crippen molar-refractivity contribution in [1.82, 2.24) is 5.32 Å². The van der Waals surface area contributed by atoms with Gasteiger partial charge in [0.2, 0.25) is 0 Å². The first-order valence-corrected chi connectivity index (χ1v) is 7.18. The van der Waals surface area contributed by atoms with E-state index in [1.807, 2.05) is 24.3 Å². The summed E-state index contributed by atoms with van der Waals surface area (Å²) in [6.45, 7) is 4.82. The van der Waals surface area contributed by atoms with Crippen LogP contribution in [-0.2, 0) is 4.79 Å². The molecule has 112 valence electrons. The number of hydrogen-bond donors (Lipinski definition) is 2. The Morgan fingerprint density at radius 1 is 1.35 bits per heavy atom. The average Bonchev–Trinajstić information content (AvgIpc) is 2.46. The molecule has 1 rings (SSSR count). The van der Waals surface area contributed by atoms with Gasteiger partial charge in [-0.05, 0) is 30.0 Å². The van der Waals surface area contributed by atoms with Gasteiger partial charge in [-0.25, -0.2) is 0 Å². The Morgan fingerprint density at radius 3 is 2.50 bits per heavy atom. The van der Waals surface area contributed by atoms with Gasteiger partial charge in [-0.2, -0.15) is 0 Å². The van der Waals surface area contributed by atoms with Crippen LogP contribution in [0, 0.1) is 0 Å². The van der Waals surface area contributed by atoms with Crippen LogP contribution in [0.15, 0.2) is 24.3 Å². The highest BCUT2D eigenvalue weighted by Crippen LogP contribution is 2.18. The second kappa shape index (κ2) is 8.59. The highest BCUT2D eigenvalue weighted by atomic mass is 16.5. The van der Waals surface area contributed by atoms with E-state index in [9.17, 15) is 9.90 Å². The van der Waals surface area contributed by atoms with Gasteiger partial charge < -0.3 is 15.2 Å². The molecule has 0 saturated carbocycles. The number of unbranched alkanes of at least 4 members (excludes halogenated alkanes) is 1. The van der Waals surface area contributed by atoms with Crippen molar-refractivity contribution in [2.75, 3.05) is 13.7 Å². The second-order valence-electron chi connectivity index (χ2n) is 5.12. The fourth-order valence-electron chi connectivity index (χ4n) is 2.09. The number of hydrogen-bond acceptors (Lipinski definition) is 3. The zero-order chi connectivity index (χ0) is 15.0. The van der Waals surface area contributed by atoms with Crippen LogP contribution < -0.4 is 10.1 Å². The third-order valence-electron chi connectivity index (χ3n) is 3.50. The first-order chi connectivity index (χ1) is 9.58. The predicted octanol–water partition coefficient (Wildman–Crippen LogP) is 3.03. The monoisotopic (exact) mass is 279 g/mol. The van der Waals surface area contributed by atoms with Crippen molar-refractivity contribution in [2.24, 2.45) is 0 Å². The van der Waals surface area contributed by atoms with Crippen LogP contribution >= 0.6 is 0 Å². The summed E-state index contributed by atoms with van der Waals surface area (Å²) < 4.78 is 5.13. The summed E-state index contributed by atoms with van der Waals surface area (Å²) in [6.07, 6.45) is 2.63. The fourth-order valence-corrected chi connectivity index (χ4v) is 2.09. The minimum absolute atomic E-state index is 0.268. The fraction of sp³-hybridized carbons (Fsp3) is 0.562. The van der Waals surface area contributed by atoms with Gasteiger partial charge in [-0.1, -0.05) is 38.8 Å². The van der Waals surface area contributed by atoms with Crippen molar-refractivity contribution >= 4 is 5.97 Å². The standard InChI is InChI=1S/C16H25NO3/c1-4-5-6-15(16(18)19)17-11-12(2)13-7-9-14(20-3)10-8-13/h7-10,12,15,17H,4-6,11H2,1-3H3,(H,18,19)/t12?,15-/m0/s1. The molecule has 20 heavy (non-hydrogen) atoms. The molecule has 0 fully saturated rings. The highest BCUT2D eigenvalue weighted by Gasteiger charge is 2.17. The SMILES string of the molecule is CCCC[C@H](NCC(C)c1ccc(OC)cc1)C(=O)O. The van der Waals surface area contributed by atoms with Gasteiger partial charge in [0.15, 0.2) is 0 Å². The zero-order valence-corrected chi connectivity index (χ0v) is 12.6. The van der Waals surface area contributed by atoms with E-state index in [1.54, 1.807) is 7.11 Å². The molecule has 2 N–H and O–H groups in total. The van der Waals surface area contributed by atoms with Gasteiger partial charge in [0.05, 0.1) is 7.11 Å². The summed E-state index contributed by atoms with van der Waals surface area (Å²) in [5.74, 6) is 0.338. The Kier molecular flexibility index (Phi) is 7.09. The maximum absolute atomic E-state index is 11.2. The lowest BCUT2D eigenvalue weighted by molar-refractivity contribution is -0.139. The molecule has 1 aromatic rings. The molecule has 1 aromatic carbocycles. The van der Waals surface area contributed by atoms with Crippen LogP contribution in [0.4, 0.5) is 0 Å². The van der Waals surface area contributed by atoms with Crippen LogP contribution in [0.1, 0.15) is 44.6 Å². The maximum Gasteiger partial charge on any atom is 0.320 e. The molecule has 0 saturated heterocycles. The second-order valence-corrected chi connectivity index (χ2v) is 5.12. The number of methoxy groups -OCH3 is 1. The molecule has 2 atom stereocenters. The maximum atomic E-state index is 11.2. The first-order valence-electron chi connectivity index (χ1n) is 7.18. The number of nitrogens with one attached hydrogen (secondary N) is 1. The van der Waals surface area contributed by atoms with Crippen LogP contribution in [0.2, 0.25) is 0 Å². The van der Waals surface area contributed by atoms with E-state index in [1.165, 1.54) is 5.56 Å². The molecular formula is C16H25NO3. The van der Waals surface area contributed by atoms with Crippen molar-refractivity contribution < 1.29 is 14.6 Å². The molecule has 4 heteroatoms. The molecule has 4 nitrogen and oxygen atoms in total. The molecule has 0 aromatic heterocycles. The van der Waals surface area contributed by atoms with Gasteiger partial charge in [0, 0.05) is 6.54 Å². The van der Waals surface area contributed by atoms with Crippen LogP contribution in [-0.4, -0.2) is 30.8 Å². The van der Waals surface area contributed by atoms with E-state index in [0.29, 0.717) is 13.0 Å². The van der Waals surface area contributed by atoms with E-state index in [4.69, 9.17) is 4.74 Å². The summed E-state index contributed by atoms with van der Waals surface area (Å²) in [7, 11) is 1.64. The highest BCUT2D eigenvalue weighted by molar-refractivity contribution is 5.73. The number of rotatable bonds is 9. The normalized spacial score (nSPS) is 13.8. The van der Waals surface area contributed by atoms with Crippen molar-refractivity contribution in [1.29, 1.82) is 0 Å². The smallest absolute Gasteiger partial charge is 0.320 e. The van der Waals surface area contributed by atoms with Gasteiger partial charge in [-0.3, -0.25) is 4.79 Å². The van der Waals surface area contributed by atoms with E-state index < -0.39 is 12.0 Å². The summed E-state index contributed by atoms with van der Waals surface area (Å²) >= 11 is 0. The van der Waals surface area contributed by atoms with Crippen molar-refractivity contribution in [3.8, 4) is 5.75 Å². The minimum Gasteiger partial charge on any atom is -0.497 e. The summed E-state index contributed by atoms with van der Waals surface area (Å²) in [5, 5.41) is 12.3.